The van der Waals surface area contributed by atoms with Crippen LogP contribution < -0.4 is 0 Å². The minimum Gasteiger partial charge on any atom is -0.490 e. The lowest BCUT2D eigenvalue weighted by atomic mass is 9.94. The van der Waals surface area contributed by atoms with Crippen molar-refractivity contribution in [2.24, 2.45) is 0 Å². The number of aromatic nitrogens is 2. The van der Waals surface area contributed by atoms with Gasteiger partial charge in [-0.25, -0.2) is 4.98 Å². The molecular formula is C23H21ClN2O3. The maximum absolute atomic E-state index is 13.3. The maximum Gasteiger partial charge on any atom is 0.195 e. The van der Waals surface area contributed by atoms with Crippen LogP contribution in [0.2, 0.25) is 5.02 Å². The zero-order chi connectivity index (χ0) is 20.2. The summed E-state index contributed by atoms with van der Waals surface area (Å²) in [4.78, 5) is 20.7. The minimum absolute atomic E-state index is 0.0617. The zero-order valence-corrected chi connectivity index (χ0v) is 16.8. The Balaban J connectivity index is 1.62. The summed E-state index contributed by atoms with van der Waals surface area (Å²) in [5.41, 5.74) is 2.91. The van der Waals surface area contributed by atoms with E-state index in [2.05, 4.69) is 9.97 Å². The Bertz CT molecular complexity index is 1100. The van der Waals surface area contributed by atoms with E-state index in [1.165, 1.54) is 0 Å². The van der Waals surface area contributed by atoms with Crippen LogP contribution in [-0.4, -0.2) is 22.4 Å². The summed E-state index contributed by atoms with van der Waals surface area (Å²) >= 11 is 5.95. The van der Waals surface area contributed by atoms with Crippen molar-refractivity contribution in [3.63, 3.8) is 0 Å². The van der Waals surface area contributed by atoms with Crippen LogP contribution in [0.1, 0.15) is 35.7 Å². The van der Waals surface area contributed by atoms with Gasteiger partial charge in [0.25, 0.3) is 0 Å². The van der Waals surface area contributed by atoms with Crippen molar-refractivity contribution in [1.29, 1.82) is 0 Å². The first-order chi connectivity index (χ1) is 14.2. The van der Waals surface area contributed by atoms with Gasteiger partial charge in [-0.15, -0.1) is 0 Å². The molecule has 1 aromatic carbocycles. The molecule has 2 aromatic heterocycles. The molecule has 3 aromatic rings. The molecule has 4 rings (SSSR count). The summed E-state index contributed by atoms with van der Waals surface area (Å²) in [6.45, 7) is 2.72. The second-order valence-electron chi connectivity index (χ2n) is 6.69. The number of Topliss-reactive ketones (excluding diaryl/α,β-unsaturated/α-hetero) is 1. The number of rotatable bonds is 7. The average Bonchev–Trinajstić information content (AvgIpc) is 3.18. The predicted molar refractivity (Wildman–Crippen MR) is 113 cm³/mol. The van der Waals surface area contributed by atoms with Gasteiger partial charge in [0, 0.05) is 33.9 Å². The van der Waals surface area contributed by atoms with E-state index < -0.39 is 0 Å². The molecular weight excluding hydrogens is 388 g/mol. The summed E-state index contributed by atoms with van der Waals surface area (Å²) in [5, 5.41) is 1.49. The van der Waals surface area contributed by atoms with Crippen molar-refractivity contribution in [3.05, 3.63) is 88.1 Å². The van der Waals surface area contributed by atoms with E-state index in [0.717, 1.165) is 10.9 Å². The lowest BCUT2D eigenvalue weighted by Gasteiger charge is -2.21. The number of allylic oxidation sites excluding steroid dienone is 2. The quantitative estimate of drug-likeness (QED) is 0.518. The molecule has 2 heterocycles. The molecule has 0 amide bonds. The third-order valence-corrected chi connectivity index (χ3v) is 5.04. The molecule has 5 nitrogen and oxygen atoms in total. The Labute approximate surface area is 174 Å². The lowest BCUT2D eigenvalue weighted by Crippen LogP contribution is -2.14. The molecule has 1 aliphatic rings. The number of halogens is 1. The molecule has 29 heavy (non-hydrogen) atoms. The van der Waals surface area contributed by atoms with E-state index in [-0.39, 0.29) is 5.78 Å². The van der Waals surface area contributed by atoms with Crippen molar-refractivity contribution in [2.45, 2.75) is 26.4 Å². The molecule has 0 fully saturated rings. The van der Waals surface area contributed by atoms with Crippen LogP contribution in [0.4, 0.5) is 0 Å². The van der Waals surface area contributed by atoms with Crippen LogP contribution in [0.15, 0.2) is 72.0 Å². The fraction of sp³-hybridized carbons (Fsp3) is 0.217. The lowest BCUT2D eigenvalue weighted by molar-refractivity contribution is 0.100. The minimum atomic E-state index is -0.0617. The molecule has 0 aliphatic heterocycles. The van der Waals surface area contributed by atoms with Crippen molar-refractivity contribution in [1.82, 2.24) is 9.97 Å². The Morgan fingerprint density at radius 1 is 1.21 bits per heavy atom. The monoisotopic (exact) mass is 408 g/mol. The summed E-state index contributed by atoms with van der Waals surface area (Å²) in [7, 11) is 0. The molecule has 0 saturated carbocycles. The molecule has 0 saturated heterocycles. The van der Waals surface area contributed by atoms with Crippen LogP contribution in [-0.2, 0) is 16.1 Å². The molecule has 0 atom stereocenters. The number of carbonyl (C=O) groups excluding carboxylic acids is 1. The van der Waals surface area contributed by atoms with E-state index in [9.17, 15) is 4.79 Å². The van der Waals surface area contributed by atoms with Gasteiger partial charge in [-0.05, 0) is 55.7 Å². The van der Waals surface area contributed by atoms with E-state index in [1.54, 1.807) is 12.4 Å². The normalized spacial score (nSPS) is 14.1. The smallest absolute Gasteiger partial charge is 0.195 e. The van der Waals surface area contributed by atoms with Gasteiger partial charge in [0.05, 0.1) is 6.61 Å². The molecule has 1 N–H and O–H groups in total. The third kappa shape index (κ3) is 4.05. The first-order valence-electron chi connectivity index (χ1n) is 9.58. The fourth-order valence-electron chi connectivity index (χ4n) is 3.39. The van der Waals surface area contributed by atoms with Crippen LogP contribution in [0, 0.1) is 0 Å². The highest BCUT2D eigenvalue weighted by atomic mass is 35.5. The van der Waals surface area contributed by atoms with Crippen LogP contribution in [0.3, 0.4) is 0 Å². The van der Waals surface area contributed by atoms with Gasteiger partial charge in [-0.1, -0.05) is 23.7 Å². The number of H-pyrrole nitrogens is 1. The first-order valence-corrected chi connectivity index (χ1v) is 9.95. The number of fused-ring (bicyclic) bond motifs is 1. The second kappa shape index (κ2) is 8.53. The highest BCUT2D eigenvalue weighted by Gasteiger charge is 2.26. The number of hydrogen-bond donors (Lipinski definition) is 1. The topological polar surface area (TPSA) is 64.2 Å². The van der Waals surface area contributed by atoms with Crippen LogP contribution in [0.25, 0.3) is 11.0 Å². The van der Waals surface area contributed by atoms with Gasteiger partial charge in [-0.3, -0.25) is 4.79 Å². The number of nitrogens with one attached hydrogen (secondary N) is 1. The third-order valence-electron chi connectivity index (χ3n) is 4.79. The number of hydrogen-bond acceptors (Lipinski definition) is 4. The summed E-state index contributed by atoms with van der Waals surface area (Å²) in [6.07, 6.45) is 6.71. The van der Waals surface area contributed by atoms with Crippen molar-refractivity contribution >= 4 is 28.4 Å². The number of pyridine rings is 1. The highest BCUT2D eigenvalue weighted by molar-refractivity contribution is 6.30. The Morgan fingerprint density at radius 2 is 2.03 bits per heavy atom. The highest BCUT2D eigenvalue weighted by Crippen LogP contribution is 2.32. The van der Waals surface area contributed by atoms with Crippen LogP contribution in [0.5, 0.6) is 0 Å². The summed E-state index contributed by atoms with van der Waals surface area (Å²) < 4.78 is 11.9. The number of nitrogens with zero attached hydrogens (tertiary/aromatic N) is 1. The van der Waals surface area contributed by atoms with Gasteiger partial charge in [0.2, 0.25) is 0 Å². The molecule has 0 spiro atoms. The Hall–Kier alpha value is -3.05. The molecule has 1 aliphatic carbocycles. The first kappa shape index (κ1) is 19.3. The van der Waals surface area contributed by atoms with Crippen molar-refractivity contribution < 1.29 is 14.3 Å². The van der Waals surface area contributed by atoms with Crippen molar-refractivity contribution in [3.8, 4) is 0 Å². The summed E-state index contributed by atoms with van der Waals surface area (Å²) in [5.74, 6) is 1.07. The number of carbonyl (C=O) groups is 1. The maximum atomic E-state index is 13.3. The Morgan fingerprint density at radius 3 is 2.83 bits per heavy atom. The van der Waals surface area contributed by atoms with E-state index in [0.29, 0.717) is 59.4 Å². The van der Waals surface area contributed by atoms with Crippen molar-refractivity contribution in [2.75, 3.05) is 6.61 Å². The summed E-state index contributed by atoms with van der Waals surface area (Å²) in [6, 6.07) is 11.2. The van der Waals surface area contributed by atoms with Gasteiger partial charge < -0.3 is 14.5 Å². The fourth-order valence-corrected chi connectivity index (χ4v) is 3.52. The zero-order valence-electron chi connectivity index (χ0n) is 16.1. The van der Waals surface area contributed by atoms with Gasteiger partial charge in [0.15, 0.2) is 17.3 Å². The largest absolute Gasteiger partial charge is 0.490 e. The Kier molecular flexibility index (Phi) is 5.67. The predicted octanol–water partition coefficient (Wildman–Crippen LogP) is 5.58. The molecule has 6 heteroatoms. The van der Waals surface area contributed by atoms with E-state index in [1.807, 2.05) is 49.4 Å². The molecule has 148 valence electrons. The molecule has 0 radical (unpaired) electrons. The van der Waals surface area contributed by atoms with E-state index in [4.69, 9.17) is 21.1 Å². The molecule has 0 unspecified atom stereocenters. The molecule has 0 bridgehead atoms. The number of aromatic amines is 1. The standard InChI is InChI=1S/C23H21ClN2O3/c1-2-28-22-18(21(27)19-13-26-23-17(19)6-4-12-25-23)5-3-7-20(22)29-14-15-8-10-16(24)11-9-15/h4,6-13H,2-3,5,14H2,1H3,(H,25,26). The SMILES string of the molecule is CCOC1=C(C(=O)c2c[nH]c3ncccc23)CCC=C1OCc1ccc(Cl)cc1. The van der Waals surface area contributed by atoms with Gasteiger partial charge >= 0.3 is 0 Å². The van der Waals surface area contributed by atoms with Gasteiger partial charge in [0.1, 0.15) is 12.3 Å². The van der Waals surface area contributed by atoms with Crippen LogP contribution >= 0.6 is 11.6 Å². The number of benzene rings is 1. The second-order valence-corrected chi connectivity index (χ2v) is 7.13. The van der Waals surface area contributed by atoms with Gasteiger partial charge in [-0.2, -0.15) is 0 Å². The average molecular weight is 409 g/mol. The number of ether oxygens (including phenoxy) is 2. The number of ketones is 1. The van der Waals surface area contributed by atoms with E-state index >= 15 is 0 Å².